The van der Waals surface area contributed by atoms with Gasteiger partial charge in [-0.15, -0.1) is 0 Å². The Morgan fingerprint density at radius 3 is 3.00 bits per heavy atom. The van der Waals surface area contributed by atoms with E-state index in [1.54, 1.807) is 17.6 Å². The fourth-order valence-electron chi connectivity index (χ4n) is 2.16. The summed E-state index contributed by atoms with van der Waals surface area (Å²) in [6.07, 6.45) is 4.97. The highest BCUT2D eigenvalue weighted by Gasteiger charge is 2.21. The zero-order valence-electron chi connectivity index (χ0n) is 7.90. The normalized spacial score (nSPS) is 29.0. The standard InChI is InChI=1S/C10H15NOS/c1-8-3-2-4-9(7-8)11-10(12)5-6-13-11/h5-6,8-9H,2-4,7H2,1H3. The van der Waals surface area contributed by atoms with Crippen LogP contribution in [-0.4, -0.2) is 3.96 Å². The fraction of sp³-hybridized carbons (Fsp3) is 0.700. The van der Waals surface area contributed by atoms with E-state index in [1.807, 2.05) is 9.34 Å². The van der Waals surface area contributed by atoms with E-state index in [0.717, 1.165) is 5.92 Å². The Labute approximate surface area is 82.4 Å². The molecule has 1 aromatic rings. The van der Waals surface area contributed by atoms with Crippen LogP contribution in [0.4, 0.5) is 0 Å². The average Bonchev–Trinajstić information content (AvgIpc) is 2.51. The quantitative estimate of drug-likeness (QED) is 0.678. The molecule has 1 saturated carbocycles. The second-order valence-corrected chi connectivity index (χ2v) is 4.87. The molecule has 2 rings (SSSR count). The molecule has 0 saturated heterocycles. The molecule has 0 N–H and O–H groups in total. The largest absolute Gasteiger partial charge is 0.268 e. The topological polar surface area (TPSA) is 22.0 Å². The predicted octanol–water partition coefficient (Wildman–Crippen LogP) is 2.66. The predicted molar refractivity (Wildman–Crippen MR) is 55.2 cm³/mol. The Bertz CT molecular complexity index is 328. The van der Waals surface area contributed by atoms with Gasteiger partial charge in [-0.3, -0.25) is 8.75 Å². The van der Waals surface area contributed by atoms with Crippen molar-refractivity contribution in [2.45, 2.75) is 38.6 Å². The highest BCUT2D eigenvalue weighted by molar-refractivity contribution is 7.04. The van der Waals surface area contributed by atoms with Gasteiger partial charge in [-0.1, -0.05) is 31.3 Å². The highest BCUT2D eigenvalue weighted by Crippen LogP contribution is 2.31. The van der Waals surface area contributed by atoms with E-state index in [2.05, 4.69) is 6.92 Å². The van der Waals surface area contributed by atoms with Crippen LogP contribution in [0.25, 0.3) is 0 Å². The van der Waals surface area contributed by atoms with Crippen LogP contribution in [-0.2, 0) is 0 Å². The van der Waals surface area contributed by atoms with Crippen molar-refractivity contribution >= 4 is 11.5 Å². The third-order valence-corrected chi connectivity index (χ3v) is 3.81. The van der Waals surface area contributed by atoms with Crippen molar-refractivity contribution < 1.29 is 0 Å². The van der Waals surface area contributed by atoms with Crippen LogP contribution in [0.3, 0.4) is 0 Å². The van der Waals surface area contributed by atoms with Crippen LogP contribution in [0.5, 0.6) is 0 Å². The molecule has 72 valence electrons. The van der Waals surface area contributed by atoms with Gasteiger partial charge < -0.3 is 0 Å². The number of hydrogen-bond donors (Lipinski definition) is 0. The molecule has 1 fully saturated rings. The zero-order chi connectivity index (χ0) is 9.26. The molecule has 1 aromatic heterocycles. The van der Waals surface area contributed by atoms with Gasteiger partial charge in [-0.2, -0.15) is 0 Å². The van der Waals surface area contributed by atoms with E-state index >= 15 is 0 Å². The molecule has 3 heteroatoms. The highest BCUT2D eigenvalue weighted by atomic mass is 32.1. The Balaban J connectivity index is 2.17. The summed E-state index contributed by atoms with van der Waals surface area (Å²) in [6.45, 7) is 2.28. The van der Waals surface area contributed by atoms with Gasteiger partial charge in [-0.05, 0) is 18.8 Å². The molecule has 13 heavy (non-hydrogen) atoms. The molecule has 0 radical (unpaired) electrons. The van der Waals surface area contributed by atoms with E-state index in [4.69, 9.17) is 0 Å². The van der Waals surface area contributed by atoms with Crippen LogP contribution in [0.15, 0.2) is 16.2 Å². The maximum atomic E-state index is 11.4. The summed E-state index contributed by atoms with van der Waals surface area (Å²) < 4.78 is 1.94. The second kappa shape index (κ2) is 3.66. The number of hydrogen-bond acceptors (Lipinski definition) is 2. The molecule has 0 aromatic carbocycles. The van der Waals surface area contributed by atoms with Crippen LogP contribution in [0, 0.1) is 5.92 Å². The molecule has 2 atom stereocenters. The molecule has 0 bridgehead atoms. The maximum absolute atomic E-state index is 11.4. The lowest BCUT2D eigenvalue weighted by Gasteiger charge is -2.26. The summed E-state index contributed by atoms with van der Waals surface area (Å²) in [4.78, 5) is 11.4. The van der Waals surface area contributed by atoms with Gasteiger partial charge in [0.25, 0.3) is 5.56 Å². The summed E-state index contributed by atoms with van der Waals surface area (Å²) >= 11 is 1.56. The lowest BCUT2D eigenvalue weighted by Crippen LogP contribution is -2.23. The first-order valence-electron chi connectivity index (χ1n) is 4.94. The summed E-state index contributed by atoms with van der Waals surface area (Å²) in [5.41, 5.74) is 0.184. The fourth-order valence-corrected chi connectivity index (χ4v) is 3.00. The summed E-state index contributed by atoms with van der Waals surface area (Å²) in [5, 5.41) is 1.89. The van der Waals surface area contributed by atoms with E-state index in [0.29, 0.717) is 6.04 Å². The van der Waals surface area contributed by atoms with Crippen molar-refractivity contribution in [3.63, 3.8) is 0 Å². The summed E-state index contributed by atoms with van der Waals surface area (Å²) in [6, 6.07) is 2.15. The molecule has 2 unspecified atom stereocenters. The Morgan fingerprint density at radius 1 is 1.54 bits per heavy atom. The van der Waals surface area contributed by atoms with Crippen molar-refractivity contribution in [2.24, 2.45) is 5.92 Å². The molecule has 1 aliphatic rings. The zero-order valence-corrected chi connectivity index (χ0v) is 8.72. The van der Waals surface area contributed by atoms with Crippen LogP contribution < -0.4 is 5.56 Å². The summed E-state index contributed by atoms with van der Waals surface area (Å²) in [5.74, 6) is 0.785. The first kappa shape index (κ1) is 9.00. The molecule has 1 aliphatic carbocycles. The SMILES string of the molecule is CC1CCCC(n2sccc2=O)C1. The van der Waals surface area contributed by atoms with Gasteiger partial charge >= 0.3 is 0 Å². The molecule has 0 aliphatic heterocycles. The molecular formula is C10H15NOS. The number of aromatic nitrogens is 1. The molecule has 2 nitrogen and oxygen atoms in total. The summed E-state index contributed by atoms with van der Waals surface area (Å²) in [7, 11) is 0. The maximum Gasteiger partial charge on any atom is 0.260 e. The minimum Gasteiger partial charge on any atom is -0.268 e. The third-order valence-electron chi connectivity index (χ3n) is 2.84. The van der Waals surface area contributed by atoms with Crippen molar-refractivity contribution in [1.82, 2.24) is 3.96 Å². The first-order valence-corrected chi connectivity index (χ1v) is 5.77. The minimum atomic E-state index is 0.184. The first-order chi connectivity index (χ1) is 6.27. The van der Waals surface area contributed by atoms with E-state index in [-0.39, 0.29) is 5.56 Å². The van der Waals surface area contributed by atoms with Crippen LogP contribution in [0.1, 0.15) is 38.6 Å². The van der Waals surface area contributed by atoms with E-state index in [9.17, 15) is 4.79 Å². The molecule has 1 heterocycles. The van der Waals surface area contributed by atoms with Crippen molar-refractivity contribution in [1.29, 1.82) is 0 Å². The van der Waals surface area contributed by atoms with Crippen molar-refractivity contribution in [3.8, 4) is 0 Å². The Hall–Kier alpha value is -0.570. The smallest absolute Gasteiger partial charge is 0.260 e. The monoisotopic (exact) mass is 197 g/mol. The van der Waals surface area contributed by atoms with Crippen molar-refractivity contribution in [3.05, 3.63) is 21.8 Å². The van der Waals surface area contributed by atoms with Crippen LogP contribution in [0.2, 0.25) is 0 Å². The van der Waals surface area contributed by atoms with Gasteiger partial charge in [0.15, 0.2) is 0 Å². The van der Waals surface area contributed by atoms with Gasteiger partial charge in [0.05, 0.1) is 0 Å². The van der Waals surface area contributed by atoms with Gasteiger partial charge in [0.1, 0.15) is 0 Å². The second-order valence-electron chi connectivity index (χ2n) is 4.00. The lowest BCUT2D eigenvalue weighted by molar-refractivity contribution is 0.290. The minimum absolute atomic E-state index is 0.184. The molecule has 0 amide bonds. The van der Waals surface area contributed by atoms with E-state index in [1.165, 1.54) is 25.7 Å². The number of rotatable bonds is 1. The average molecular weight is 197 g/mol. The van der Waals surface area contributed by atoms with Crippen molar-refractivity contribution in [2.75, 3.05) is 0 Å². The van der Waals surface area contributed by atoms with Crippen LogP contribution >= 0.6 is 11.5 Å². The Kier molecular flexibility index (Phi) is 2.54. The van der Waals surface area contributed by atoms with Gasteiger partial charge in [-0.25, -0.2) is 0 Å². The van der Waals surface area contributed by atoms with Gasteiger partial charge in [0, 0.05) is 17.5 Å². The third kappa shape index (κ3) is 1.85. The van der Waals surface area contributed by atoms with E-state index < -0.39 is 0 Å². The molecule has 0 spiro atoms. The lowest BCUT2D eigenvalue weighted by atomic mass is 9.87. The molecular weight excluding hydrogens is 182 g/mol. The number of nitrogens with zero attached hydrogens (tertiary/aromatic N) is 1. The van der Waals surface area contributed by atoms with Gasteiger partial charge in [0.2, 0.25) is 0 Å². The Morgan fingerprint density at radius 2 is 2.38 bits per heavy atom.